The van der Waals surface area contributed by atoms with Gasteiger partial charge in [0.2, 0.25) is 10.0 Å². The predicted molar refractivity (Wildman–Crippen MR) is 145 cm³/mol. The van der Waals surface area contributed by atoms with Crippen LogP contribution >= 0.6 is 11.6 Å². The van der Waals surface area contributed by atoms with Crippen LogP contribution in [0.5, 0.6) is 0 Å². The number of hydrogen-bond donors (Lipinski definition) is 3. The number of carbonyl (C=O) groups is 1. The fraction of sp³-hybridized carbons (Fsp3) is 0.321. The fourth-order valence-corrected chi connectivity index (χ4v) is 5.08. The summed E-state index contributed by atoms with van der Waals surface area (Å²) in [5.41, 5.74) is 5.31. The molecule has 3 N–H and O–H groups in total. The van der Waals surface area contributed by atoms with E-state index >= 15 is 0 Å². The van der Waals surface area contributed by atoms with Crippen molar-refractivity contribution in [2.75, 3.05) is 19.3 Å². The summed E-state index contributed by atoms with van der Waals surface area (Å²) in [4.78, 5) is 13.5. The normalized spacial score (nSPS) is 16.3. The summed E-state index contributed by atoms with van der Waals surface area (Å²) in [5.74, 6) is 0.0296. The molecule has 0 aromatic heterocycles. The van der Waals surface area contributed by atoms with E-state index in [1.807, 2.05) is 48.5 Å². The lowest BCUT2D eigenvalue weighted by Crippen LogP contribution is -2.48. The highest BCUT2D eigenvalue weighted by atomic mass is 35.5. The number of nitrogens with one attached hydrogen (secondary N) is 3. The standard InChI is InChI=1S/C28H32ClN3O3S/c1-36(34,35)32-15-14-20-6-10-22(11-7-20)28(33)27(16-21-8-12-25(29)13-9-21)31-19-26-17-23-4-2-3-5-24(23)18-30-26/h2-13,26-27,30-32H,14-19H2,1H3. The predicted octanol–water partition coefficient (Wildman–Crippen LogP) is 3.53. The lowest BCUT2D eigenvalue weighted by Gasteiger charge is -2.28. The molecule has 0 amide bonds. The molecule has 3 aromatic carbocycles. The van der Waals surface area contributed by atoms with E-state index in [0.29, 0.717) is 36.5 Å². The van der Waals surface area contributed by atoms with Crippen LogP contribution in [0.4, 0.5) is 0 Å². The minimum absolute atomic E-state index is 0.0296. The highest BCUT2D eigenvalue weighted by molar-refractivity contribution is 7.88. The van der Waals surface area contributed by atoms with Crippen molar-refractivity contribution in [2.24, 2.45) is 0 Å². The Morgan fingerprint density at radius 2 is 1.67 bits per heavy atom. The van der Waals surface area contributed by atoms with Gasteiger partial charge in [0, 0.05) is 36.3 Å². The number of hydrogen-bond acceptors (Lipinski definition) is 5. The van der Waals surface area contributed by atoms with Gasteiger partial charge >= 0.3 is 0 Å². The van der Waals surface area contributed by atoms with E-state index in [-0.39, 0.29) is 17.9 Å². The van der Waals surface area contributed by atoms with Gasteiger partial charge in [-0.2, -0.15) is 0 Å². The van der Waals surface area contributed by atoms with Crippen molar-refractivity contribution in [3.8, 4) is 0 Å². The van der Waals surface area contributed by atoms with E-state index in [1.54, 1.807) is 0 Å². The summed E-state index contributed by atoms with van der Waals surface area (Å²) >= 11 is 6.06. The molecule has 0 saturated carbocycles. The maximum absolute atomic E-state index is 13.5. The molecule has 0 aliphatic carbocycles. The molecule has 0 fully saturated rings. The quantitative estimate of drug-likeness (QED) is 0.333. The maximum atomic E-state index is 13.5. The van der Waals surface area contributed by atoms with Crippen LogP contribution in [-0.4, -0.2) is 45.6 Å². The minimum Gasteiger partial charge on any atom is -0.308 e. The van der Waals surface area contributed by atoms with Crippen molar-refractivity contribution in [2.45, 2.75) is 37.9 Å². The van der Waals surface area contributed by atoms with Crippen LogP contribution in [0.15, 0.2) is 72.8 Å². The Hall–Kier alpha value is -2.55. The number of Topliss-reactive ketones (excluding diaryl/α,β-unsaturated/α-hetero) is 1. The molecule has 2 unspecified atom stereocenters. The lowest BCUT2D eigenvalue weighted by atomic mass is 9.94. The molecule has 36 heavy (non-hydrogen) atoms. The fourth-order valence-electron chi connectivity index (χ4n) is 4.48. The number of halogens is 1. The van der Waals surface area contributed by atoms with Gasteiger partial charge in [0.25, 0.3) is 0 Å². The van der Waals surface area contributed by atoms with Crippen LogP contribution < -0.4 is 15.4 Å². The molecule has 1 heterocycles. The maximum Gasteiger partial charge on any atom is 0.208 e. The van der Waals surface area contributed by atoms with Crippen LogP contribution in [0.3, 0.4) is 0 Å². The third-order valence-electron chi connectivity index (χ3n) is 6.46. The van der Waals surface area contributed by atoms with Gasteiger partial charge in [-0.1, -0.05) is 72.3 Å². The van der Waals surface area contributed by atoms with Gasteiger partial charge < -0.3 is 10.6 Å². The third kappa shape index (κ3) is 7.72. The van der Waals surface area contributed by atoms with Crippen molar-refractivity contribution in [3.05, 3.63) is 106 Å². The van der Waals surface area contributed by atoms with E-state index in [9.17, 15) is 13.2 Å². The molecule has 0 saturated heterocycles. The van der Waals surface area contributed by atoms with E-state index in [0.717, 1.165) is 30.3 Å². The van der Waals surface area contributed by atoms with E-state index in [2.05, 4.69) is 39.6 Å². The first-order valence-electron chi connectivity index (χ1n) is 12.1. The van der Waals surface area contributed by atoms with Crippen LogP contribution in [0.1, 0.15) is 32.6 Å². The molecule has 3 aromatic rings. The van der Waals surface area contributed by atoms with Gasteiger partial charge in [0.1, 0.15) is 0 Å². The lowest BCUT2D eigenvalue weighted by molar-refractivity contribution is 0.0940. The van der Waals surface area contributed by atoms with Gasteiger partial charge in [-0.25, -0.2) is 13.1 Å². The molecule has 1 aliphatic rings. The van der Waals surface area contributed by atoms with Crippen LogP contribution in [0.25, 0.3) is 0 Å². The Morgan fingerprint density at radius 1 is 1.00 bits per heavy atom. The number of benzene rings is 3. The summed E-state index contributed by atoms with van der Waals surface area (Å²) in [6, 6.07) is 23.3. The first-order valence-corrected chi connectivity index (χ1v) is 14.4. The zero-order valence-electron chi connectivity index (χ0n) is 20.3. The van der Waals surface area contributed by atoms with E-state index in [4.69, 9.17) is 11.6 Å². The van der Waals surface area contributed by atoms with Gasteiger partial charge in [-0.3, -0.25) is 4.79 Å². The van der Waals surface area contributed by atoms with Crippen molar-refractivity contribution in [1.29, 1.82) is 0 Å². The molecule has 190 valence electrons. The Balaban J connectivity index is 1.43. The molecule has 6 nitrogen and oxygen atoms in total. The van der Waals surface area contributed by atoms with Gasteiger partial charge in [0.15, 0.2) is 5.78 Å². The topological polar surface area (TPSA) is 87.3 Å². The second-order valence-electron chi connectivity index (χ2n) is 9.32. The highest BCUT2D eigenvalue weighted by Gasteiger charge is 2.23. The molecule has 2 atom stereocenters. The monoisotopic (exact) mass is 525 g/mol. The first-order chi connectivity index (χ1) is 17.3. The minimum atomic E-state index is -3.22. The number of rotatable bonds is 11. The molecule has 4 rings (SSSR count). The summed E-state index contributed by atoms with van der Waals surface area (Å²) in [5, 5.41) is 7.77. The van der Waals surface area contributed by atoms with Gasteiger partial charge in [-0.15, -0.1) is 0 Å². The summed E-state index contributed by atoms with van der Waals surface area (Å²) in [6.07, 6.45) is 3.17. The summed E-state index contributed by atoms with van der Waals surface area (Å²) in [7, 11) is -3.22. The SMILES string of the molecule is CS(=O)(=O)NCCc1ccc(C(=O)C(Cc2ccc(Cl)cc2)NCC2Cc3ccccc3CN2)cc1. The first kappa shape index (κ1) is 26.5. The largest absolute Gasteiger partial charge is 0.308 e. The highest BCUT2D eigenvalue weighted by Crippen LogP contribution is 2.17. The Morgan fingerprint density at radius 3 is 2.36 bits per heavy atom. The second-order valence-corrected chi connectivity index (χ2v) is 11.6. The average molecular weight is 526 g/mol. The molecule has 0 radical (unpaired) electrons. The molecular formula is C28H32ClN3O3S. The smallest absolute Gasteiger partial charge is 0.208 e. The number of fused-ring (bicyclic) bond motifs is 1. The van der Waals surface area contributed by atoms with Crippen molar-refractivity contribution < 1.29 is 13.2 Å². The second kappa shape index (κ2) is 12.1. The number of ketones is 1. The number of sulfonamides is 1. The van der Waals surface area contributed by atoms with E-state index in [1.165, 1.54) is 11.1 Å². The third-order valence-corrected chi connectivity index (χ3v) is 7.44. The van der Waals surface area contributed by atoms with Crippen LogP contribution in [0, 0.1) is 0 Å². The summed E-state index contributed by atoms with van der Waals surface area (Å²) in [6.45, 7) is 1.83. The van der Waals surface area contributed by atoms with Crippen molar-refractivity contribution in [1.82, 2.24) is 15.4 Å². The number of carbonyl (C=O) groups excluding carboxylic acids is 1. The Kier molecular flexibility index (Phi) is 8.93. The molecule has 1 aliphatic heterocycles. The van der Waals surface area contributed by atoms with Crippen LogP contribution in [-0.2, 0) is 35.8 Å². The molecule has 0 bridgehead atoms. The van der Waals surface area contributed by atoms with E-state index < -0.39 is 10.0 Å². The Labute approximate surface area is 218 Å². The summed E-state index contributed by atoms with van der Waals surface area (Å²) < 4.78 is 25.0. The zero-order valence-corrected chi connectivity index (χ0v) is 21.9. The molecule has 8 heteroatoms. The van der Waals surface area contributed by atoms with Crippen molar-refractivity contribution >= 4 is 27.4 Å². The molecule has 0 spiro atoms. The van der Waals surface area contributed by atoms with Gasteiger partial charge in [0.05, 0.1) is 12.3 Å². The zero-order chi connectivity index (χ0) is 25.5. The van der Waals surface area contributed by atoms with Crippen molar-refractivity contribution in [3.63, 3.8) is 0 Å². The molecular weight excluding hydrogens is 494 g/mol. The Bertz CT molecular complexity index is 1280. The van der Waals surface area contributed by atoms with Crippen LogP contribution in [0.2, 0.25) is 5.02 Å². The average Bonchev–Trinajstić information content (AvgIpc) is 2.87. The van der Waals surface area contributed by atoms with Gasteiger partial charge in [-0.05, 0) is 53.6 Å².